The Bertz CT molecular complexity index is 761. The molecule has 0 saturated carbocycles. The third kappa shape index (κ3) is 2.45. The van der Waals surface area contributed by atoms with Gasteiger partial charge in [0.2, 0.25) is 0 Å². The lowest BCUT2D eigenvalue weighted by Gasteiger charge is -2.08. The van der Waals surface area contributed by atoms with Gasteiger partial charge in [-0.3, -0.25) is 4.68 Å². The molecule has 3 aromatic heterocycles. The van der Waals surface area contributed by atoms with Crippen molar-refractivity contribution in [3.05, 3.63) is 40.5 Å². The predicted octanol–water partition coefficient (Wildman–Crippen LogP) is 3.28. The van der Waals surface area contributed by atoms with Crippen LogP contribution in [0.15, 0.2) is 29.0 Å². The second-order valence-electron chi connectivity index (χ2n) is 4.65. The number of aryl methyl sites for hydroxylation is 1. The van der Waals surface area contributed by atoms with E-state index in [4.69, 9.17) is 11.6 Å². The van der Waals surface area contributed by atoms with Gasteiger partial charge in [0.05, 0.1) is 17.6 Å². The number of rotatable bonds is 3. The molecule has 0 amide bonds. The summed E-state index contributed by atoms with van der Waals surface area (Å²) in [5, 5.41) is 4.21. The molecule has 0 N–H and O–H groups in total. The van der Waals surface area contributed by atoms with E-state index in [0.717, 1.165) is 27.2 Å². The number of alkyl halides is 1. The van der Waals surface area contributed by atoms with E-state index in [2.05, 4.69) is 31.0 Å². The second kappa shape index (κ2) is 5.18. The van der Waals surface area contributed by atoms with Gasteiger partial charge in [-0.25, -0.2) is 9.97 Å². The summed E-state index contributed by atoms with van der Waals surface area (Å²) in [5.41, 5.74) is 2.61. The molecular formula is C13H13BrClN5. The third-order valence-corrected chi connectivity index (χ3v) is 3.65. The van der Waals surface area contributed by atoms with Gasteiger partial charge in [-0.2, -0.15) is 5.10 Å². The van der Waals surface area contributed by atoms with Gasteiger partial charge in [0.1, 0.15) is 11.3 Å². The highest BCUT2D eigenvalue weighted by atomic mass is 79.9. The van der Waals surface area contributed by atoms with Gasteiger partial charge in [-0.1, -0.05) is 0 Å². The van der Waals surface area contributed by atoms with E-state index >= 15 is 0 Å². The maximum Gasteiger partial charge on any atom is 0.160 e. The van der Waals surface area contributed by atoms with Crippen LogP contribution >= 0.6 is 27.5 Å². The lowest BCUT2D eigenvalue weighted by atomic mass is 10.4. The molecule has 0 aliphatic heterocycles. The first kappa shape index (κ1) is 13.6. The van der Waals surface area contributed by atoms with E-state index in [0.29, 0.717) is 6.54 Å². The fourth-order valence-corrected chi connectivity index (χ4v) is 2.66. The van der Waals surface area contributed by atoms with E-state index in [9.17, 15) is 0 Å². The number of imidazole rings is 1. The molecule has 20 heavy (non-hydrogen) atoms. The van der Waals surface area contributed by atoms with Crippen molar-refractivity contribution >= 4 is 38.7 Å². The molecule has 1 unspecified atom stereocenters. The monoisotopic (exact) mass is 353 g/mol. The van der Waals surface area contributed by atoms with Crippen LogP contribution in [0.2, 0.25) is 0 Å². The molecule has 0 fully saturated rings. The Kier molecular flexibility index (Phi) is 3.52. The van der Waals surface area contributed by atoms with Crippen molar-refractivity contribution in [2.45, 2.75) is 18.8 Å². The van der Waals surface area contributed by atoms with Crippen molar-refractivity contribution < 1.29 is 0 Å². The van der Waals surface area contributed by atoms with Crippen molar-refractivity contribution in [2.75, 3.05) is 0 Å². The van der Waals surface area contributed by atoms with E-state index in [1.54, 1.807) is 10.9 Å². The van der Waals surface area contributed by atoms with Gasteiger partial charge in [-0.15, -0.1) is 11.6 Å². The summed E-state index contributed by atoms with van der Waals surface area (Å²) in [5.74, 6) is 0.804. The van der Waals surface area contributed by atoms with Gasteiger partial charge in [-0.05, 0) is 35.0 Å². The van der Waals surface area contributed by atoms with Crippen LogP contribution in [-0.2, 0) is 13.6 Å². The van der Waals surface area contributed by atoms with Crippen LogP contribution < -0.4 is 0 Å². The Morgan fingerprint density at radius 2 is 2.25 bits per heavy atom. The maximum absolute atomic E-state index is 6.24. The van der Waals surface area contributed by atoms with Crippen molar-refractivity contribution in [1.29, 1.82) is 0 Å². The molecule has 0 aliphatic carbocycles. The Labute approximate surface area is 129 Å². The molecule has 104 valence electrons. The van der Waals surface area contributed by atoms with E-state index in [1.165, 1.54) is 0 Å². The first-order valence-corrected chi connectivity index (χ1v) is 7.42. The molecule has 0 bridgehead atoms. The number of fused-ring (bicyclic) bond motifs is 1. The van der Waals surface area contributed by atoms with Crippen molar-refractivity contribution in [1.82, 2.24) is 24.3 Å². The van der Waals surface area contributed by atoms with Gasteiger partial charge >= 0.3 is 0 Å². The van der Waals surface area contributed by atoms with Gasteiger partial charge in [0, 0.05) is 23.9 Å². The van der Waals surface area contributed by atoms with Gasteiger partial charge in [0.25, 0.3) is 0 Å². The summed E-state index contributed by atoms with van der Waals surface area (Å²) < 4.78 is 4.70. The second-order valence-corrected chi connectivity index (χ2v) is 6.22. The molecule has 5 nitrogen and oxygen atoms in total. The zero-order chi connectivity index (χ0) is 14.3. The quantitative estimate of drug-likeness (QED) is 0.678. The summed E-state index contributed by atoms with van der Waals surface area (Å²) in [4.78, 5) is 9.03. The van der Waals surface area contributed by atoms with Crippen molar-refractivity contribution in [3.63, 3.8) is 0 Å². The maximum atomic E-state index is 6.24. The molecule has 3 rings (SSSR count). The van der Waals surface area contributed by atoms with Crippen LogP contribution in [0.3, 0.4) is 0 Å². The summed E-state index contributed by atoms with van der Waals surface area (Å²) in [6.07, 6.45) is 3.68. The minimum Gasteiger partial charge on any atom is -0.305 e. The molecule has 0 saturated heterocycles. The van der Waals surface area contributed by atoms with Gasteiger partial charge in [0.15, 0.2) is 5.65 Å². The average molecular weight is 355 g/mol. The highest BCUT2D eigenvalue weighted by molar-refractivity contribution is 9.10. The zero-order valence-electron chi connectivity index (χ0n) is 11.1. The van der Waals surface area contributed by atoms with Crippen LogP contribution in [0.25, 0.3) is 11.2 Å². The topological polar surface area (TPSA) is 48.5 Å². The van der Waals surface area contributed by atoms with Crippen LogP contribution in [0.5, 0.6) is 0 Å². The summed E-state index contributed by atoms with van der Waals surface area (Å²) in [6, 6.07) is 3.92. The number of pyridine rings is 1. The minimum atomic E-state index is -0.188. The van der Waals surface area contributed by atoms with E-state index in [1.807, 2.05) is 36.9 Å². The molecule has 3 heterocycles. The van der Waals surface area contributed by atoms with Crippen LogP contribution in [0.4, 0.5) is 0 Å². The smallest absolute Gasteiger partial charge is 0.160 e. The number of halogens is 2. The molecule has 0 spiro atoms. The standard InChI is InChI=1S/C13H13BrClN5/c1-8(15)12-17-11-5-9(14)6-16-13(11)20(12)7-10-3-4-19(2)18-10/h3-6,8H,7H2,1-2H3. The average Bonchev–Trinajstić information content (AvgIpc) is 2.94. The fraction of sp³-hybridized carbons (Fsp3) is 0.308. The van der Waals surface area contributed by atoms with Gasteiger partial charge < -0.3 is 4.57 Å². The third-order valence-electron chi connectivity index (χ3n) is 3.03. The summed E-state index contributed by atoms with van der Waals surface area (Å²) in [7, 11) is 1.90. The molecular weight excluding hydrogens is 342 g/mol. The Hall–Kier alpha value is -1.40. The summed E-state index contributed by atoms with van der Waals surface area (Å²) >= 11 is 9.66. The number of aromatic nitrogens is 5. The molecule has 7 heteroatoms. The predicted molar refractivity (Wildman–Crippen MR) is 81.8 cm³/mol. The van der Waals surface area contributed by atoms with Crippen LogP contribution in [-0.4, -0.2) is 24.3 Å². The summed E-state index contributed by atoms with van der Waals surface area (Å²) in [6.45, 7) is 2.52. The Morgan fingerprint density at radius 1 is 1.45 bits per heavy atom. The molecule has 0 aromatic carbocycles. The normalized spacial score (nSPS) is 13.0. The first-order chi connectivity index (χ1) is 9.54. The molecule has 0 aliphatic rings. The van der Waals surface area contributed by atoms with Crippen molar-refractivity contribution in [3.8, 4) is 0 Å². The Morgan fingerprint density at radius 3 is 2.90 bits per heavy atom. The number of hydrogen-bond acceptors (Lipinski definition) is 3. The highest BCUT2D eigenvalue weighted by Gasteiger charge is 2.17. The number of hydrogen-bond donors (Lipinski definition) is 0. The first-order valence-electron chi connectivity index (χ1n) is 6.19. The molecule has 3 aromatic rings. The lowest BCUT2D eigenvalue weighted by Crippen LogP contribution is -2.07. The SMILES string of the molecule is CC(Cl)c1nc2cc(Br)cnc2n1Cc1ccn(C)n1. The Balaban J connectivity index is 2.13. The fourth-order valence-electron chi connectivity index (χ4n) is 2.17. The largest absolute Gasteiger partial charge is 0.305 e. The highest BCUT2D eigenvalue weighted by Crippen LogP contribution is 2.25. The molecule has 1 atom stereocenters. The minimum absolute atomic E-state index is 0.188. The van der Waals surface area contributed by atoms with Crippen molar-refractivity contribution in [2.24, 2.45) is 7.05 Å². The zero-order valence-corrected chi connectivity index (χ0v) is 13.4. The van der Waals surface area contributed by atoms with E-state index < -0.39 is 0 Å². The molecule has 0 radical (unpaired) electrons. The van der Waals surface area contributed by atoms with Crippen LogP contribution in [0, 0.1) is 0 Å². The lowest BCUT2D eigenvalue weighted by molar-refractivity contribution is 0.686. The van der Waals surface area contributed by atoms with E-state index in [-0.39, 0.29) is 5.38 Å². The number of nitrogens with zero attached hydrogens (tertiary/aromatic N) is 5. The van der Waals surface area contributed by atoms with Crippen LogP contribution in [0.1, 0.15) is 23.8 Å².